The maximum atomic E-state index is 13.1. The summed E-state index contributed by atoms with van der Waals surface area (Å²) in [4.78, 5) is 63.8. The third-order valence-corrected chi connectivity index (χ3v) is 6.01. The summed E-state index contributed by atoms with van der Waals surface area (Å²) >= 11 is 0. The lowest BCUT2D eigenvalue weighted by Crippen LogP contribution is -2.60. The number of benzene rings is 1. The molecule has 1 saturated heterocycles. The lowest BCUT2D eigenvalue weighted by atomic mass is 10.1. The molecule has 0 radical (unpaired) electrons. The zero-order valence-electron chi connectivity index (χ0n) is 23.1. The molecule has 4 atom stereocenters. The molecule has 41 heavy (non-hydrogen) atoms. The van der Waals surface area contributed by atoms with E-state index in [2.05, 4.69) is 32.1 Å². The molecule has 15 heteroatoms. The fourth-order valence-electron chi connectivity index (χ4n) is 3.84. The van der Waals surface area contributed by atoms with Gasteiger partial charge in [-0.25, -0.2) is 4.79 Å². The van der Waals surface area contributed by atoms with Crippen LogP contribution in [0.1, 0.15) is 31.7 Å². The van der Waals surface area contributed by atoms with Crippen molar-refractivity contribution in [1.82, 2.24) is 32.1 Å². The second-order valence-electron chi connectivity index (χ2n) is 9.42. The number of urea groups is 1. The first-order valence-electron chi connectivity index (χ1n) is 13.5. The third kappa shape index (κ3) is 12.9. The average molecular weight is 580 g/mol. The van der Waals surface area contributed by atoms with Gasteiger partial charge in [0, 0.05) is 13.0 Å². The number of hydrazine groups is 1. The lowest BCUT2D eigenvalue weighted by molar-refractivity contribution is -0.134. The first kappa shape index (κ1) is 33.4. The van der Waals surface area contributed by atoms with Gasteiger partial charge in [0.2, 0.25) is 11.8 Å². The van der Waals surface area contributed by atoms with E-state index < -0.39 is 53.9 Å². The fraction of sp³-hybridized carbons (Fsp3) is 0.577. The Morgan fingerprint density at radius 2 is 1.56 bits per heavy atom. The Labute approximate surface area is 238 Å². The quantitative estimate of drug-likeness (QED) is 0.161. The van der Waals surface area contributed by atoms with Gasteiger partial charge in [-0.15, -0.1) is 0 Å². The lowest BCUT2D eigenvalue weighted by Gasteiger charge is -2.24. The van der Waals surface area contributed by atoms with E-state index in [1.54, 1.807) is 30.3 Å². The first-order valence-corrected chi connectivity index (χ1v) is 13.5. The van der Waals surface area contributed by atoms with Gasteiger partial charge in [0.05, 0.1) is 25.9 Å². The van der Waals surface area contributed by atoms with Gasteiger partial charge in [-0.05, 0) is 38.3 Å². The fourth-order valence-corrected chi connectivity index (χ4v) is 3.84. The molecule has 1 aromatic carbocycles. The molecular formula is C26H41N7O8. The maximum Gasteiger partial charge on any atom is 0.316 e. The van der Waals surface area contributed by atoms with Crippen molar-refractivity contribution in [1.29, 1.82) is 0 Å². The normalized spacial score (nSPS) is 23.4. The Kier molecular flexibility index (Phi) is 15.1. The van der Waals surface area contributed by atoms with Crippen LogP contribution in [0.15, 0.2) is 30.3 Å². The van der Waals surface area contributed by atoms with Crippen LogP contribution in [0.2, 0.25) is 0 Å². The molecule has 2 rings (SSSR count). The number of ether oxygens (including phenoxy) is 2. The number of carbonyl (C=O) groups is 5. The predicted octanol–water partition coefficient (Wildman–Crippen LogP) is -2.43. The van der Waals surface area contributed by atoms with E-state index in [1.807, 2.05) is 0 Å². The number of carbonyl (C=O) groups excluding carboxylic acids is 5. The minimum absolute atomic E-state index is 0.0485. The molecule has 15 nitrogen and oxygen atoms in total. The Hall–Kier alpha value is -3.79. The number of hydrogen-bond donors (Lipinski definition) is 8. The molecule has 228 valence electrons. The molecule has 1 heterocycles. The van der Waals surface area contributed by atoms with E-state index in [-0.39, 0.29) is 45.8 Å². The minimum atomic E-state index is -1.32. The number of aliphatic hydroxyl groups excluding tert-OH is 1. The van der Waals surface area contributed by atoms with Gasteiger partial charge in [-0.1, -0.05) is 30.3 Å². The molecule has 0 aromatic heterocycles. The van der Waals surface area contributed by atoms with Gasteiger partial charge in [-0.2, -0.15) is 0 Å². The monoisotopic (exact) mass is 579 g/mol. The molecule has 0 spiro atoms. The maximum absolute atomic E-state index is 13.1. The Morgan fingerprint density at radius 1 is 0.878 bits per heavy atom. The van der Waals surface area contributed by atoms with Crippen LogP contribution in [0.25, 0.3) is 0 Å². The van der Waals surface area contributed by atoms with Gasteiger partial charge in [-0.3, -0.25) is 30.0 Å². The summed E-state index contributed by atoms with van der Waals surface area (Å²) in [6.45, 7) is 1.85. The van der Waals surface area contributed by atoms with Gasteiger partial charge < -0.3 is 41.6 Å². The standard InChI is InChI=1S/C26H41N7O8/c1-17(34)22-25(38)28-11-12-40-13-14-41-16-21(35)29-19(9-5-6-10-27)23(36)32-33-24(37)20(30-26(39)31-22)15-18-7-3-2-4-8-18/h2-4,7-8,17,19-20,22,34H,5-6,9-16,27H2,1H3,(H,28,38)(H,29,35)(H,32,36)(H,33,37)(H2,30,31,39)/t17?,19-,20-,22-/m0/s1. The van der Waals surface area contributed by atoms with Crippen LogP contribution in [-0.2, 0) is 35.1 Å². The second-order valence-corrected chi connectivity index (χ2v) is 9.42. The van der Waals surface area contributed by atoms with Gasteiger partial charge in [0.25, 0.3) is 11.8 Å². The van der Waals surface area contributed by atoms with Crippen molar-refractivity contribution < 1.29 is 38.6 Å². The van der Waals surface area contributed by atoms with Crippen molar-refractivity contribution >= 4 is 29.7 Å². The third-order valence-electron chi connectivity index (χ3n) is 6.01. The number of nitrogens with two attached hydrogens (primary N) is 1. The van der Waals surface area contributed by atoms with Crippen LogP contribution in [-0.4, -0.2) is 98.5 Å². The largest absolute Gasteiger partial charge is 0.391 e. The summed E-state index contributed by atoms with van der Waals surface area (Å²) in [5.41, 5.74) is 10.9. The van der Waals surface area contributed by atoms with Crippen LogP contribution in [0.3, 0.4) is 0 Å². The summed E-state index contributed by atoms with van der Waals surface area (Å²) in [5.74, 6) is -2.62. The zero-order chi connectivity index (χ0) is 30.0. The summed E-state index contributed by atoms with van der Waals surface area (Å²) in [5, 5.41) is 20.1. The summed E-state index contributed by atoms with van der Waals surface area (Å²) in [6, 6.07) is 4.46. The van der Waals surface area contributed by atoms with Crippen LogP contribution in [0.5, 0.6) is 0 Å². The van der Waals surface area contributed by atoms with Crippen molar-refractivity contribution in [2.24, 2.45) is 5.73 Å². The second kappa shape index (κ2) is 18.5. The summed E-state index contributed by atoms with van der Waals surface area (Å²) in [6.07, 6.45) is 0.241. The number of hydrogen-bond acceptors (Lipinski definition) is 9. The topological polar surface area (TPSA) is 222 Å². The molecule has 9 N–H and O–H groups in total. The van der Waals surface area contributed by atoms with E-state index in [0.29, 0.717) is 24.9 Å². The van der Waals surface area contributed by atoms with E-state index in [9.17, 15) is 29.1 Å². The smallest absolute Gasteiger partial charge is 0.316 e. The van der Waals surface area contributed by atoms with Crippen LogP contribution in [0.4, 0.5) is 4.79 Å². The molecule has 0 bridgehead atoms. The molecule has 6 amide bonds. The van der Waals surface area contributed by atoms with Gasteiger partial charge in [0.15, 0.2) is 0 Å². The van der Waals surface area contributed by atoms with E-state index >= 15 is 0 Å². The molecular weight excluding hydrogens is 538 g/mol. The van der Waals surface area contributed by atoms with E-state index in [1.165, 1.54) is 6.92 Å². The Bertz CT molecular complexity index is 995. The van der Waals surface area contributed by atoms with Crippen LogP contribution in [0, 0.1) is 0 Å². The van der Waals surface area contributed by atoms with Gasteiger partial charge in [0.1, 0.15) is 24.7 Å². The molecule has 1 fully saturated rings. The van der Waals surface area contributed by atoms with E-state index in [0.717, 1.165) is 0 Å². The van der Waals surface area contributed by atoms with Crippen molar-refractivity contribution in [2.45, 2.75) is 56.8 Å². The van der Waals surface area contributed by atoms with Crippen molar-refractivity contribution in [3.8, 4) is 0 Å². The number of amides is 6. The minimum Gasteiger partial charge on any atom is -0.391 e. The molecule has 0 saturated carbocycles. The highest BCUT2D eigenvalue weighted by atomic mass is 16.5. The predicted molar refractivity (Wildman–Crippen MR) is 147 cm³/mol. The van der Waals surface area contributed by atoms with E-state index in [4.69, 9.17) is 15.2 Å². The number of aliphatic hydroxyl groups is 1. The number of rotatable bonds is 7. The number of unbranched alkanes of at least 4 members (excludes halogenated alkanes) is 1. The Balaban J connectivity index is 2.22. The highest BCUT2D eigenvalue weighted by molar-refractivity contribution is 5.93. The highest BCUT2D eigenvalue weighted by Gasteiger charge is 2.29. The van der Waals surface area contributed by atoms with Crippen LogP contribution < -0.4 is 37.9 Å². The average Bonchev–Trinajstić information content (AvgIpc) is 2.94. The van der Waals surface area contributed by atoms with Crippen LogP contribution >= 0.6 is 0 Å². The molecule has 1 unspecified atom stereocenters. The van der Waals surface area contributed by atoms with Crippen molar-refractivity contribution in [3.63, 3.8) is 0 Å². The SMILES string of the molecule is CC(O)[C@@H]1NC(=O)N[C@@H](Cc2ccccc2)C(=O)NNC(=O)[C@H](CCCCN)NC(=O)COCCOCCNC1=O. The molecule has 1 aliphatic rings. The first-order chi connectivity index (χ1) is 19.7. The van der Waals surface area contributed by atoms with Crippen molar-refractivity contribution in [2.75, 3.05) is 39.5 Å². The van der Waals surface area contributed by atoms with Crippen molar-refractivity contribution in [3.05, 3.63) is 35.9 Å². The van der Waals surface area contributed by atoms with Gasteiger partial charge >= 0.3 is 6.03 Å². The highest BCUT2D eigenvalue weighted by Crippen LogP contribution is 2.05. The summed E-state index contributed by atoms with van der Waals surface area (Å²) < 4.78 is 10.7. The number of nitrogens with one attached hydrogen (secondary N) is 6. The Morgan fingerprint density at radius 3 is 2.24 bits per heavy atom. The molecule has 1 aliphatic heterocycles. The summed E-state index contributed by atoms with van der Waals surface area (Å²) in [7, 11) is 0. The molecule has 0 aliphatic carbocycles. The molecule has 1 aromatic rings. The zero-order valence-corrected chi connectivity index (χ0v) is 23.1.